The van der Waals surface area contributed by atoms with Crippen molar-refractivity contribution in [2.45, 2.75) is 36.2 Å². The molecule has 1 aliphatic heterocycles. The van der Waals surface area contributed by atoms with Crippen molar-refractivity contribution in [2.24, 2.45) is 0 Å². The number of amides is 2. The lowest BCUT2D eigenvalue weighted by molar-refractivity contribution is -0.122. The first kappa shape index (κ1) is 19.8. The molecule has 2 amide bonds. The maximum absolute atomic E-state index is 13.3. The number of halogens is 1. The SMILES string of the molecule is N#Cc1ccc(N2C(=O)CC(N(C3CC3)S(=O)(=O)c3ccc(Br)cc3)C2=O)cc1. The molecule has 4 rings (SSSR count). The highest BCUT2D eigenvalue weighted by Crippen LogP contribution is 2.38. The molecular weight excluding hydrogens is 458 g/mol. The zero-order valence-corrected chi connectivity index (χ0v) is 17.6. The molecule has 0 aromatic heterocycles. The van der Waals surface area contributed by atoms with Gasteiger partial charge < -0.3 is 0 Å². The van der Waals surface area contributed by atoms with E-state index in [9.17, 15) is 18.0 Å². The lowest BCUT2D eigenvalue weighted by Gasteiger charge is -2.26. The summed E-state index contributed by atoms with van der Waals surface area (Å²) in [6, 6.07) is 12.9. The third-order valence-electron chi connectivity index (χ3n) is 4.98. The number of carbonyl (C=O) groups excluding carboxylic acids is 2. The Hall–Kier alpha value is -2.54. The van der Waals surface area contributed by atoms with Gasteiger partial charge in [0.1, 0.15) is 6.04 Å². The third-order valence-corrected chi connectivity index (χ3v) is 7.48. The summed E-state index contributed by atoms with van der Waals surface area (Å²) in [5, 5.41) is 8.92. The van der Waals surface area contributed by atoms with Crippen LogP contribution in [0.15, 0.2) is 57.9 Å². The van der Waals surface area contributed by atoms with Crippen molar-refractivity contribution in [3.8, 4) is 6.07 Å². The molecule has 1 unspecified atom stereocenters. The Balaban J connectivity index is 1.68. The molecule has 2 aromatic carbocycles. The standard InChI is InChI=1S/C20H16BrN3O4S/c21-14-3-9-17(10-4-14)29(27,28)24(16-7-8-16)18-11-19(25)23(20(18)26)15-5-1-13(12-22)2-6-15/h1-6,9-10,16,18H,7-8,11H2. The van der Waals surface area contributed by atoms with Crippen LogP contribution in [0.2, 0.25) is 0 Å². The molecule has 0 spiro atoms. The third kappa shape index (κ3) is 3.59. The van der Waals surface area contributed by atoms with Crippen LogP contribution in [0, 0.1) is 11.3 Å². The van der Waals surface area contributed by atoms with Gasteiger partial charge in [-0.15, -0.1) is 0 Å². The largest absolute Gasteiger partial charge is 0.274 e. The lowest BCUT2D eigenvalue weighted by atomic mass is 10.2. The van der Waals surface area contributed by atoms with E-state index in [1.807, 2.05) is 6.07 Å². The number of hydrogen-bond acceptors (Lipinski definition) is 5. The molecule has 2 fully saturated rings. The van der Waals surface area contributed by atoms with Gasteiger partial charge in [-0.25, -0.2) is 13.3 Å². The van der Waals surface area contributed by atoms with Crippen LogP contribution in [0.1, 0.15) is 24.8 Å². The second-order valence-corrected chi connectivity index (χ2v) is 9.72. The maximum Gasteiger partial charge on any atom is 0.252 e. The summed E-state index contributed by atoms with van der Waals surface area (Å²) in [5.74, 6) is -1.02. The van der Waals surface area contributed by atoms with Crippen molar-refractivity contribution >= 4 is 43.5 Å². The van der Waals surface area contributed by atoms with Gasteiger partial charge in [0.05, 0.1) is 28.6 Å². The quantitative estimate of drug-likeness (QED) is 0.621. The second-order valence-electron chi connectivity index (χ2n) is 6.97. The Morgan fingerprint density at radius 2 is 1.66 bits per heavy atom. The predicted molar refractivity (Wildman–Crippen MR) is 108 cm³/mol. The predicted octanol–water partition coefficient (Wildman–Crippen LogP) is 2.81. The van der Waals surface area contributed by atoms with Gasteiger partial charge in [0.2, 0.25) is 15.9 Å². The van der Waals surface area contributed by atoms with Gasteiger partial charge >= 0.3 is 0 Å². The summed E-state index contributed by atoms with van der Waals surface area (Å²) < 4.78 is 28.5. The Kier molecular flexibility index (Phi) is 5.02. The highest BCUT2D eigenvalue weighted by molar-refractivity contribution is 9.10. The Morgan fingerprint density at radius 3 is 2.21 bits per heavy atom. The van der Waals surface area contributed by atoms with Gasteiger partial charge in [-0.2, -0.15) is 9.57 Å². The summed E-state index contributed by atoms with van der Waals surface area (Å²) in [6.45, 7) is 0. The smallest absolute Gasteiger partial charge is 0.252 e. The lowest BCUT2D eigenvalue weighted by Crippen LogP contribution is -2.46. The van der Waals surface area contributed by atoms with E-state index < -0.39 is 27.9 Å². The van der Waals surface area contributed by atoms with Crippen LogP contribution in [-0.2, 0) is 19.6 Å². The molecule has 0 bridgehead atoms. The molecular formula is C20H16BrN3O4S. The summed E-state index contributed by atoms with van der Waals surface area (Å²) in [7, 11) is -3.94. The molecule has 29 heavy (non-hydrogen) atoms. The molecule has 7 nitrogen and oxygen atoms in total. The number of sulfonamides is 1. The molecule has 9 heteroatoms. The number of imide groups is 1. The van der Waals surface area contributed by atoms with Crippen molar-refractivity contribution in [1.82, 2.24) is 4.31 Å². The van der Waals surface area contributed by atoms with E-state index in [2.05, 4.69) is 15.9 Å². The van der Waals surface area contributed by atoms with Crippen molar-refractivity contribution < 1.29 is 18.0 Å². The first-order valence-electron chi connectivity index (χ1n) is 8.99. The van der Waals surface area contributed by atoms with Crippen LogP contribution >= 0.6 is 15.9 Å². The topological polar surface area (TPSA) is 98.5 Å². The monoisotopic (exact) mass is 473 g/mol. The molecule has 1 heterocycles. The number of nitrogens with zero attached hydrogens (tertiary/aromatic N) is 3. The van der Waals surface area contributed by atoms with E-state index in [1.165, 1.54) is 40.7 Å². The molecule has 1 atom stereocenters. The van der Waals surface area contributed by atoms with Crippen molar-refractivity contribution in [3.63, 3.8) is 0 Å². The minimum Gasteiger partial charge on any atom is -0.274 e. The average Bonchev–Trinajstić information content (AvgIpc) is 3.48. The van der Waals surface area contributed by atoms with Crippen LogP contribution in [0.25, 0.3) is 0 Å². The molecule has 2 aliphatic rings. The number of hydrogen-bond donors (Lipinski definition) is 0. The Labute approximate surface area is 176 Å². The molecule has 1 saturated carbocycles. The fourth-order valence-corrected chi connectivity index (χ4v) is 5.54. The molecule has 1 aliphatic carbocycles. The summed E-state index contributed by atoms with van der Waals surface area (Å²) in [4.78, 5) is 26.8. The fraction of sp³-hybridized carbons (Fsp3) is 0.250. The first-order chi connectivity index (χ1) is 13.8. The van der Waals surface area contributed by atoms with Gasteiger partial charge in [-0.1, -0.05) is 15.9 Å². The van der Waals surface area contributed by atoms with Gasteiger partial charge in [-0.3, -0.25) is 9.59 Å². The Morgan fingerprint density at radius 1 is 1.03 bits per heavy atom. The summed E-state index contributed by atoms with van der Waals surface area (Å²) >= 11 is 3.28. The van der Waals surface area contributed by atoms with E-state index >= 15 is 0 Å². The molecule has 1 saturated heterocycles. The van der Waals surface area contributed by atoms with Crippen LogP contribution in [0.5, 0.6) is 0 Å². The van der Waals surface area contributed by atoms with Gasteiger partial charge in [0.25, 0.3) is 5.91 Å². The number of anilines is 1. The van der Waals surface area contributed by atoms with Crippen molar-refractivity contribution in [1.29, 1.82) is 5.26 Å². The van der Waals surface area contributed by atoms with Gasteiger partial charge in [0.15, 0.2) is 0 Å². The number of benzene rings is 2. The zero-order chi connectivity index (χ0) is 20.8. The Bertz CT molecular complexity index is 1120. The highest BCUT2D eigenvalue weighted by atomic mass is 79.9. The van der Waals surface area contributed by atoms with E-state index in [1.54, 1.807) is 12.1 Å². The first-order valence-corrected chi connectivity index (χ1v) is 11.2. The van der Waals surface area contributed by atoms with Crippen LogP contribution in [-0.4, -0.2) is 36.6 Å². The minimum absolute atomic E-state index is 0.0877. The fourth-order valence-electron chi connectivity index (χ4n) is 3.45. The van der Waals surface area contributed by atoms with E-state index in [-0.39, 0.29) is 17.4 Å². The second kappa shape index (κ2) is 7.37. The molecule has 2 aromatic rings. The average molecular weight is 474 g/mol. The summed E-state index contributed by atoms with van der Waals surface area (Å²) in [6.07, 6.45) is 1.11. The van der Waals surface area contributed by atoms with Crippen LogP contribution < -0.4 is 4.90 Å². The van der Waals surface area contributed by atoms with Crippen molar-refractivity contribution in [2.75, 3.05) is 4.90 Å². The van der Waals surface area contributed by atoms with Crippen LogP contribution in [0.4, 0.5) is 5.69 Å². The highest BCUT2D eigenvalue weighted by Gasteiger charge is 2.51. The van der Waals surface area contributed by atoms with Gasteiger partial charge in [-0.05, 0) is 61.4 Å². The number of carbonyl (C=O) groups is 2. The number of nitriles is 1. The van der Waals surface area contributed by atoms with Crippen molar-refractivity contribution in [3.05, 3.63) is 58.6 Å². The minimum atomic E-state index is -3.94. The number of rotatable bonds is 5. The van der Waals surface area contributed by atoms with Crippen LogP contribution in [0.3, 0.4) is 0 Å². The molecule has 148 valence electrons. The normalized spacial score (nSPS) is 19.6. The zero-order valence-electron chi connectivity index (χ0n) is 15.2. The van der Waals surface area contributed by atoms with E-state index in [0.29, 0.717) is 24.1 Å². The molecule has 0 radical (unpaired) electrons. The maximum atomic E-state index is 13.3. The van der Waals surface area contributed by atoms with E-state index in [0.717, 1.165) is 9.37 Å². The molecule has 0 N–H and O–H groups in total. The summed E-state index contributed by atoms with van der Waals surface area (Å²) in [5.41, 5.74) is 0.736. The van der Waals surface area contributed by atoms with E-state index in [4.69, 9.17) is 5.26 Å². The van der Waals surface area contributed by atoms with Gasteiger partial charge in [0, 0.05) is 10.5 Å².